The quantitative estimate of drug-likeness (QED) is 0.386. The summed E-state index contributed by atoms with van der Waals surface area (Å²) in [5.74, 6) is 1.64. The Morgan fingerprint density at radius 2 is 1.83 bits per heavy atom. The second-order valence-electron chi connectivity index (χ2n) is 8.17. The molecule has 0 saturated heterocycles. The van der Waals surface area contributed by atoms with E-state index in [-0.39, 0.29) is 31.7 Å². The summed E-state index contributed by atoms with van der Waals surface area (Å²) in [4.78, 5) is 31.1. The Labute approximate surface area is 209 Å². The first-order chi connectivity index (χ1) is 17.0. The molecule has 4 rings (SSSR count). The maximum atomic E-state index is 13.6. The van der Waals surface area contributed by atoms with Gasteiger partial charge in [-0.2, -0.15) is 0 Å². The van der Waals surface area contributed by atoms with Crippen LogP contribution in [-0.2, 0) is 17.9 Å². The van der Waals surface area contributed by atoms with Gasteiger partial charge in [-0.15, -0.1) is 17.9 Å². The molecule has 7 nitrogen and oxygen atoms in total. The summed E-state index contributed by atoms with van der Waals surface area (Å²) in [6.07, 6.45) is 1.63. The van der Waals surface area contributed by atoms with Crippen LogP contribution in [0.25, 0.3) is 0 Å². The number of aryl methyl sites for hydroxylation is 1. The number of amides is 2. The maximum absolute atomic E-state index is 13.6. The molecule has 182 valence electrons. The van der Waals surface area contributed by atoms with Crippen molar-refractivity contribution in [3.05, 3.63) is 88.1 Å². The van der Waals surface area contributed by atoms with Crippen LogP contribution in [0.3, 0.4) is 0 Å². The van der Waals surface area contributed by atoms with Crippen molar-refractivity contribution in [2.45, 2.75) is 20.0 Å². The number of hydrogen-bond acceptors (Lipinski definition) is 6. The molecule has 35 heavy (non-hydrogen) atoms. The molecule has 2 aromatic carbocycles. The molecule has 2 amide bonds. The topological polar surface area (TPSA) is 68.3 Å². The molecular weight excluding hydrogens is 464 g/mol. The van der Waals surface area contributed by atoms with Gasteiger partial charge in [-0.3, -0.25) is 9.59 Å². The first-order valence-electron chi connectivity index (χ1n) is 11.2. The minimum absolute atomic E-state index is 0.0636. The Hall–Kier alpha value is -3.78. The van der Waals surface area contributed by atoms with Crippen LogP contribution in [0.15, 0.2) is 66.6 Å². The van der Waals surface area contributed by atoms with Crippen LogP contribution in [0.4, 0.5) is 0 Å². The van der Waals surface area contributed by atoms with E-state index < -0.39 is 0 Å². The minimum Gasteiger partial charge on any atom is -0.497 e. The lowest BCUT2D eigenvalue weighted by atomic mass is 10.1. The first kappa shape index (κ1) is 24.3. The molecular formula is C27H28N2O5S. The van der Waals surface area contributed by atoms with Gasteiger partial charge in [0, 0.05) is 23.5 Å². The fourth-order valence-electron chi connectivity index (χ4n) is 3.79. The molecule has 0 fully saturated rings. The van der Waals surface area contributed by atoms with E-state index in [9.17, 15) is 9.59 Å². The fraction of sp³-hybridized carbons (Fsp3) is 0.259. The number of benzene rings is 2. The molecule has 0 saturated carbocycles. The number of fused-ring (bicyclic) bond motifs is 1. The highest BCUT2D eigenvalue weighted by molar-refractivity contribution is 7.10. The smallest absolute Gasteiger partial charge is 0.254 e. The average Bonchev–Trinajstić information content (AvgIpc) is 3.51. The zero-order chi connectivity index (χ0) is 24.8. The van der Waals surface area contributed by atoms with Crippen LogP contribution in [-0.4, -0.2) is 48.6 Å². The van der Waals surface area contributed by atoms with Gasteiger partial charge in [-0.05, 0) is 65.9 Å². The van der Waals surface area contributed by atoms with E-state index in [1.54, 1.807) is 53.7 Å². The monoisotopic (exact) mass is 492 g/mol. The normalized spacial score (nSPS) is 11.7. The van der Waals surface area contributed by atoms with Crippen molar-refractivity contribution >= 4 is 23.2 Å². The molecule has 0 N–H and O–H groups in total. The molecule has 0 bridgehead atoms. The minimum atomic E-state index is -0.240. The highest BCUT2D eigenvalue weighted by Gasteiger charge is 2.24. The molecule has 8 heteroatoms. The van der Waals surface area contributed by atoms with E-state index in [0.29, 0.717) is 35.9 Å². The van der Waals surface area contributed by atoms with E-state index >= 15 is 0 Å². The summed E-state index contributed by atoms with van der Waals surface area (Å²) in [5.41, 5.74) is 2.54. The molecule has 0 spiro atoms. The van der Waals surface area contributed by atoms with E-state index in [1.807, 2.05) is 36.6 Å². The van der Waals surface area contributed by atoms with Gasteiger partial charge < -0.3 is 24.0 Å². The molecule has 0 unspecified atom stereocenters. The van der Waals surface area contributed by atoms with Crippen molar-refractivity contribution in [2.75, 3.05) is 27.0 Å². The van der Waals surface area contributed by atoms with Gasteiger partial charge in [0.05, 0.1) is 13.7 Å². The van der Waals surface area contributed by atoms with Crippen LogP contribution >= 0.6 is 11.3 Å². The summed E-state index contributed by atoms with van der Waals surface area (Å²) in [7, 11) is 1.57. The van der Waals surface area contributed by atoms with Crippen molar-refractivity contribution in [3.63, 3.8) is 0 Å². The molecule has 0 atom stereocenters. The predicted molar refractivity (Wildman–Crippen MR) is 135 cm³/mol. The molecule has 2 heterocycles. The zero-order valence-electron chi connectivity index (χ0n) is 19.9. The van der Waals surface area contributed by atoms with E-state index in [0.717, 1.165) is 16.0 Å². The third-order valence-corrected chi connectivity index (χ3v) is 6.77. The van der Waals surface area contributed by atoms with Crippen LogP contribution in [0.5, 0.6) is 17.2 Å². The number of rotatable bonds is 10. The average molecular weight is 493 g/mol. The van der Waals surface area contributed by atoms with Crippen molar-refractivity contribution in [2.24, 2.45) is 0 Å². The predicted octanol–water partition coefficient (Wildman–Crippen LogP) is 4.65. The molecule has 1 aliphatic rings. The van der Waals surface area contributed by atoms with Crippen molar-refractivity contribution in [3.8, 4) is 17.2 Å². The van der Waals surface area contributed by atoms with Gasteiger partial charge >= 0.3 is 0 Å². The van der Waals surface area contributed by atoms with Crippen LogP contribution < -0.4 is 14.2 Å². The number of hydrogen-bond donors (Lipinski definition) is 0. The SMILES string of the molecule is C=CCN(CC(=O)N(Cc1ccc2c(c1)OCO2)Cc1sccc1C)C(=O)c1ccc(OC)cc1. The highest BCUT2D eigenvalue weighted by atomic mass is 32.1. The Balaban J connectivity index is 1.54. The third-order valence-electron chi connectivity index (χ3n) is 5.77. The lowest BCUT2D eigenvalue weighted by Gasteiger charge is -2.27. The fourth-order valence-corrected chi connectivity index (χ4v) is 4.71. The number of carbonyl (C=O) groups excluding carboxylic acids is 2. The molecule has 0 aliphatic carbocycles. The summed E-state index contributed by atoms with van der Waals surface area (Å²) < 4.78 is 16.1. The van der Waals surface area contributed by atoms with Crippen LogP contribution in [0, 0.1) is 6.92 Å². The van der Waals surface area contributed by atoms with Crippen LogP contribution in [0.2, 0.25) is 0 Å². The van der Waals surface area contributed by atoms with E-state index in [4.69, 9.17) is 14.2 Å². The van der Waals surface area contributed by atoms with E-state index in [1.165, 1.54) is 4.90 Å². The lowest BCUT2D eigenvalue weighted by Crippen LogP contribution is -2.42. The summed E-state index contributed by atoms with van der Waals surface area (Å²) in [6, 6.07) is 14.6. The largest absolute Gasteiger partial charge is 0.497 e. The van der Waals surface area contributed by atoms with Gasteiger partial charge in [0.2, 0.25) is 12.7 Å². The molecule has 1 aliphatic heterocycles. The Bertz CT molecular complexity index is 1200. The van der Waals surface area contributed by atoms with Gasteiger partial charge in [0.25, 0.3) is 5.91 Å². The van der Waals surface area contributed by atoms with Gasteiger partial charge in [0.1, 0.15) is 12.3 Å². The number of carbonyl (C=O) groups is 2. The van der Waals surface area contributed by atoms with Crippen molar-refractivity contribution in [1.29, 1.82) is 0 Å². The second-order valence-corrected chi connectivity index (χ2v) is 9.17. The van der Waals surface area contributed by atoms with Gasteiger partial charge in [-0.25, -0.2) is 0 Å². The number of thiophene rings is 1. The molecule has 0 radical (unpaired) electrons. The molecule has 3 aromatic rings. The second kappa shape index (κ2) is 11.1. The number of ether oxygens (including phenoxy) is 3. The molecule has 1 aromatic heterocycles. The number of nitrogens with zero attached hydrogens (tertiary/aromatic N) is 2. The standard InChI is InChI=1S/C27H28N2O5S/c1-4-12-28(27(31)21-6-8-22(32-3)9-7-21)17-26(30)29(16-25-19(2)11-13-35-25)15-20-5-10-23-24(14-20)34-18-33-23/h4-11,13-14H,1,12,15-18H2,2-3H3. The highest BCUT2D eigenvalue weighted by Crippen LogP contribution is 2.33. The Kier molecular flexibility index (Phi) is 7.72. The van der Waals surface area contributed by atoms with E-state index in [2.05, 4.69) is 6.58 Å². The summed E-state index contributed by atoms with van der Waals surface area (Å²) in [6.45, 7) is 7.02. The third kappa shape index (κ3) is 5.84. The zero-order valence-corrected chi connectivity index (χ0v) is 20.7. The number of methoxy groups -OCH3 is 1. The summed E-state index contributed by atoms with van der Waals surface area (Å²) in [5, 5.41) is 2.02. The van der Waals surface area contributed by atoms with Gasteiger partial charge in [-0.1, -0.05) is 12.1 Å². The Morgan fingerprint density at radius 3 is 2.51 bits per heavy atom. The van der Waals surface area contributed by atoms with Crippen LogP contribution in [0.1, 0.15) is 26.4 Å². The first-order valence-corrected chi connectivity index (χ1v) is 12.1. The van der Waals surface area contributed by atoms with Crippen molar-refractivity contribution < 1.29 is 23.8 Å². The van der Waals surface area contributed by atoms with Crippen molar-refractivity contribution in [1.82, 2.24) is 9.80 Å². The van der Waals surface area contributed by atoms with Gasteiger partial charge in [0.15, 0.2) is 11.5 Å². The summed E-state index contributed by atoms with van der Waals surface area (Å²) >= 11 is 1.61. The maximum Gasteiger partial charge on any atom is 0.254 e. The lowest BCUT2D eigenvalue weighted by molar-refractivity contribution is -0.133. The Morgan fingerprint density at radius 1 is 1.06 bits per heavy atom.